The van der Waals surface area contributed by atoms with Crippen LogP contribution >= 0.6 is 0 Å². The third-order valence-electron chi connectivity index (χ3n) is 2.54. The minimum Gasteiger partial charge on any atom is -0.398 e. The van der Waals surface area contributed by atoms with Crippen molar-refractivity contribution >= 4 is 5.69 Å². The summed E-state index contributed by atoms with van der Waals surface area (Å²) in [7, 11) is 0. The summed E-state index contributed by atoms with van der Waals surface area (Å²) in [6.45, 7) is 5.19. The molecule has 3 nitrogen and oxygen atoms in total. The molecule has 0 aromatic heterocycles. The van der Waals surface area contributed by atoms with Crippen LogP contribution in [0.1, 0.15) is 18.1 Å². The first-order chi connectivity index (χ1) is 6.62. The van der Waals surface area contributed by atoms with E-state index >= 15 is 0 Å². The smallest absolute Gasteiger partial charge is 0.194 e. The van der Waals surface area contributed by atoms with Crippen molar-refractivity contribution in [2.45, 2.75) is 19.6 Å². The van der Waals surface area contributed by atoms with Crippen LogP contribution in [0.5, 0.6) is 0 Å². The van der Waals surface area contributed by atoms with E-state index in [1.54, 1.807) is 0 Å². The molecule has 0 radical (unpaired) electrons. The van der Waals surface area contributed by atoms with Gasteiger partial charge in [-0.3, -0.25) is 0 Å². The normalized spacial score (nSPS) is 19.9. The van der Waals surface area contributed by atoms with Gasteiger partial charge in [0.25, 0.3) is 0 Å². The van der Waals surface area contributed by atoms with Gasteiger partial charge in [-0.25, -0.2) is 0 Å². The largest absolute Gasteiger partial charge is 0.398 e. The van der Waals surface area contributed by atoms with E-state index < -0.39 is 5.79 Å². The van der Waals surface area contributed by atoms with Crippen molar-refractivity contribution < 1.29 is 9.47 Å². The molecule has 14 heavy (non-hydrogen) atoms. The lowest BCUT2D eigenvalue weighted by Gasteiger charge is -2.24. The highest BCUT2D eigenvalue weighted by Gasteiger charge is 2.34. The highest BCUT2D eigenvalue weighted by molar-refractivity contribution is 5.50. The molecule has 0 bridgehead atoms. The number of ether oxygens (including phenoxy) is 2. The molecular formula is C11H15NO2. The van der Waals surface area contributed by atoms with E-state index in [1.165, 1.54) is 0 Å². The molecule has 1 aromatic rings. The maximum Gasteiger partial charge on any atom is 0.194 e. The summed E-state index contributed by atoms with van der Waals surface area (Å²) in [6.07, 6.45) is 0. The fourth-order valence-corrected chi connectivity index (χ4v) is 1.73. The maximum absolute atomic E-state index is 5.89. The van der Waals surface area contributed by atoms with Gasteiger partial charge in [-0.1, -0.05) is 11.6 Å². The molecule has 0 saturated carbocycles. The van der Waals surface area contributed by atoms with Crippen molar-refractivity contribution in [2.75, 3.05) is 18.9 Å². The van der Waals surface area contributed by atoms with Gasteiger partial charge in [0.15, 0.2) is 5.79 Å². The van der Waals surface area contributed by atoms with Crippen molar-refractivity contribution in [1.29, 1.82) is 0 Å². The molecule has 0 aliphatic carbocycles. The Balaban J connectivity index is 2.44. The van der Waals surface area contributed by atoms with Gasteiger partial charge in [0, 0.05) is 11.3 Å². The van der Waals surface area contributed by atoms with Crippen LogP contribution in [0, 0.1) is 6.92 Å². The van der Waals surface area contributed by atoms with Crippen LogP contribution in [0.2, 0.25) is 0 Å². The Labute approximate surface area is 83.8 Å². The van der Waals surface area contributed by atoms with Gasteiger partial charge >= 0.3 is 0 Å². The van der Waals surface area contributed by atoms with E-state index in [1.807, 2.05) is 32.0 Å². The summed E-state index contributed by atoms with van der Waals surface area (Å²) >= 11 is 0. The molecule has 0 atom stereocenters. The highest BCUT2D eigenvalue weighted by atomic mass is 16.7. The van der Waals surface area contributed by atoms with Crippen molar-refractivity contribution in [3.8, 4) is 0 Å². The lowest BCUT2D eigenvalue weighted by atomic mass is 10.0. The van der Waals surface area contributed by atoms with E-state index in [0.717, 1.165) is 16.8 Å². The third-order valence-corrected chi connectivity index (χ3v) is 2.54. The summed E-state index contributed by atoms with van der Waals surface area (Å²) in [6, 6.07) is 5.89. The first-order valence-corrected chi connectivity index (χ1v) is 4.76. The number of hydrogen-bond acceptors (Lipinski definition) is 3. The average molecular weight is 193 g/mol. The molecule has 1 fully saturated rings. The van der Waals surface area contributed by atoms with Gasteiger partial charge < -0.3 is 15.2 Å². The lowest BCUT2D eigenvalue weighted by molar-refractivity contribution is -0.149. The number of nitrogens with two attached hydrogens (primary N) is 1. The molecule has 3 heteroatoms. The Kier molecular flexibility index (Phi) is 2.21. The zero-order valence-electron chi connectivity index (χ0n) is 8.54. The summed E-state index contributed by atoms with van der Waals surface area (Å²) in [4.78, 5) is 0. The van der Waals surface area contributed by atoms with E-state index in [9.17, 15) is 0 Å². The molecule has 0 amide bonds. The molecule has 76 valence electrons. The van der Waals surface area contributed by atoms with E-state index in [4.69, 9.17) is 15.2 Å². The predicted molar refractivity (Wildman–Crippen MR) is 54.8 cm³/mol. The second-order valence-electron chi connectivity index (χ2n) is 3.73. The average Bonchev–Trinajstić information content (AvgIpc) is 2.58. The van der Waals surface area contributed by atoms with Crippen molar-refractivity contribution in [1.82, 2.24) is 0 Å². The van der Waals surface area contributed by atoms with Gasteiger partial charge in [-0.05, 0) is 26.0 Å². The summed E-state index contributed by atoms with van der Waals surface area (Å²) in [5.74, 6) is -0.657. The molecule has 1 aromatic carbocycles. The number of aryl methyl sites for hydroxylation is 1. The predicted octanol–water partition coefficient (Wildman–Crippen LogP) is 1.80. The quantitative estimate of drug-likeness (QED) is 0.692. The Morgan fingerprint density at radius 1 is 1.29 bits per heavy atom. The molecule has 1 heterocycles. The van der Waals surface area contributed by atoms with Crippen LogP contribution in [0.25, 0.3) is 0 Å². The summed E-state index contributed by atoms with van der Waals surface area (Å²) in [5, 5.41) is 0. The summed E-state index contributed by atoms with van der Waals surface area (Å²) in [5.41, 5.74) is 8.70. The number of nitrogen functional groups attached to an aromatic ring is 1. The lowest BCUT2D eigenvalue weighted by Crippen LogP contribution is -2.24. The van der Waals surface area contributed by atoms with Gasteiger partial charge in [0.05, 0.1) is 13.2 Å². The number of rotatable bonds is 1. The standard InChI is InChI=1S/C11H15NO2/c1-8-3-4-10(12)9(7-8)11(2)13-5-6-14-11/h3-4,7H,5-6,12H2,1-2H3. The van der Waals surface area contributed by atoms with E-state index in [-0.39, 0.29) is 0 Å². The molecule has 0 spiro atoms. The van der Waals surface area contributed by atoms with Gasteiger partial charge in [-0.15, -0.1) is 0 Å². The minimum atomic E-state index is -0.657. The number of benzene rings is 1. The second kappa shape index (κ2) is 3.26. The van der Waals surface area contributed by atoms with Crippen LogP contribution in [-0.4, -0.2) is 13.2 Å². The third kappa shape index (κ3) is 1.49. The first kappa shape index (κ1) is 9.49. The summed E-state index contributed by atoms with van der Waals surface area (Å²) < 4.78 is 11.1. The Morgan fingerprint density at radius 2 is 1.93 bits per heavy atom. The zero-order valence-corrected chi connectivity index (χ0v) is 8.54. The van der Waals surface area contributed by atoms with Gasteiger partial charge in [0.2, 0.25) is 0 Å². The molecule has 2 rings (SSSR count). The Morgan fingerprint density at radius 3 is 2.57 bits per heavy atom. The van der Waals surface area contributed by atoms with E-state index in [2.05, 4.69) is 0 Å². The molecule has 2 N–H and O–H groups in total. The second-order valence-corrected chi connectivity index (χ2v) is 3.73. The van der Waals surface area contributed by atoms with Crippen LogP contribution in [-0.2, 0) is 15.3 Å². The Hall–Kier alpha value is -1.06. The van der Waals surface area contributed by atoms with Crippen LogP contribution in [0.3, 0.4) is 0 Å². The van der Waals surface area contributed by atoms with Gasteiger partial charge in [-0.2, -0.15) is 0 Å². The molecular weight excluding hydrogens is 178 g/mol. The maximum atomic E-state index is 5.89. The van der Waals surface area contributed by atoms with E-state index in [0.29, 0.717) is 13.2 Å². The van der Waals surface area contributed by atoms with Crippen molar-refractivity contribution in [2.24, 2.45) is 0 Å². The SMILES string of the molecule is Cc1ccc(N)c(C2(C)OCCO2)c1. The van der Waals surface area contributed by atoms with Crippen LogP contribution in [0.4, 0.5) is 5.69 Å². The first-order valence-electron chi connectivity index (χ1n) is 4.76. The monoisotopic (exact) mass is 193 g/mol. The zero-order chi connectivity index (χ0) is 10.2. The van der Waals surface area contributed by atoms with Crippen molar-refractivity contribution in [3.05, 3.63) is 29.3 Å². The van der Waals surface area contributed by atoms with Crippen LogP contribution in [0.15, 0.2) is 18.2 Å². The number of anilines is 1. The fourth-order valence-electron chi connectivity index (χ4n) is 1.73. The molecule has 1 saturated heterocycles. The topological polar surface area (TPSA) is 44.5 Å². The minimum absolute atomic E-state index is 0.629. The number of hydrogen-bond donors (Lipinski definition) is 1. The molecule has 1 aliphatic rings. The molecule has 1 aliphatic heterocycles. The van der Waals surface area contributed by atoms with Crippen LogP contribution < -0.4 is 5.73 Å². The Bertz CT molecular complexity index is 343. The molecule has 0 unspecified atom stereocenters. The fraction of sp³-hybridized carbons (Fsp3) is 0.455. The van der Waals surface area contributed by atoms with Crippen molar-refractivity contribution in [3.63, 3.8) is 0 Å². The van der Waals surface area contributed by atoms with Gasteiger partial charge in [0.1, 0.15) is 0 Å². The highest BCUT2D eigenvalue weighted by Crippen LogP contribution is 2.34.